The summed E-state index contributed by atoms with van der Waals surface area (Å²) in [5.74, 6) is 0. The number of nitrogens with zero attached hydrogens (tertiary/aromatic N) is 1. The van der Waals surface area contributed by atoms with Gasteiger partial charge in [-0.05, 0) is 26.3 Å². The number of piperidine rings is 1. The highest BCUT2D eigenvalue weighted by Crippen LogP contribution is 2.22. The molecule has 74 valence electrons. The van der Waals surface area contributed by atoms with E-state index in [1.54, 1.807) is 0 Å². The van der Waals surface area contributed by atoms with E-state index < -0.39 is 0 Å². The Morgan fingerprint density at radius 3 is 3.00 bits per heavy atom. The van der Waals surface area contributed by atoms with Crippen LogP contribution in [0.4, 0.5) is 4.79 Å². The summed E-state index contributed by atoms with van der Waals surface area (Å²) in [5, 5.41) is 6.44. The van der Waals surface area contributed by atoms with Gasteiger partial charge in [0.1, 0.15) is 0 Å². The van der Waals surface area contributed by atoms with Crippen LogP contribution in [0.15, 0.2) is 0 Å². The smallest absolute Gasteiger partial charge is 0.318 e. The highest BCUT2D eigenvalue weighted by Gasteiger charge is 2.42. The minimum absolute atomic E-state index is 0.0331. The zero-order valence-electron chi connectivity index (χ0n) is 8.10. The minimum atomic E-state index is 0.0331. The maximum atomic E-state index is 11.5. The van der Waals surface area contributed by atoms with Crippen molar-refractivity contribution in [1.29, 1.82) is 0 Å². The molecule has 1 spiro atoms. The van der Waals surface area contributed by atoms with Crippen molar-refractivity contribution in [2.75, 3.05) is 26.2 Å². The first-order chi connectivity index (χ1) is 6.26. The topological polar surface area (TPSA) is 44.4 Å². The van der Waals surface area contributed by atoms with Crippen molar-refractivity contribution < 1.29 is 4.79 Å². The first-order valence-corrected chi connectivity index (χ1v) is 5.04. The molecule has 0 bridgehead atoms. The summed E-state index contributed by atoms with van der Waals surface area (Å²) in [7, 11) is 0. The minimum Gasteiger partial charge on any atom is -0.329 e. The molecule has 0 aromatic rings. The van der Waals surface area contributed by atoms with Crippen LogP contribution in [0.1, 0.15) is 19.8 Å². The Labute approximate surface area is 78.7 Å². The van der Waals surface area contributed by atoms with Crippen LogP contribution in [-0.4, -0.2) is 42.6 Å². The van der Waals surface area contributed by atoms with Gasteiger partial charge in [-0.25, -0.2) is 4.79 Å². The van der Waals surface area contributed by atoms with E-state index in [1.807, 2.05) is 11.8 Å². The second-order valence-corrected chi connectivity index (χ2v) is 4.00. The Balaban J connectivity index is 2.05. The molecule has 0 aromatic carbocycles. The van der Waals surface area contributed by atoms with Gasteiger partial charge in [-0.2, -0.15) is 0 Å². The fourth-order valence-electron chi connectivity index (χ4n) is 2.25. The van der Waals surface area contributed by atoms with Crippen LogP contribution in [0, 0.1) is 0 Å². The van der Waals surface area contributed by atoms with Crippen LogP contribution in [0.2, 0.25) is 0 Å². The van der Waals surface area contributed by atoms with Gasteiger partial charge in [-0.15, -0.1) is 0 Å². The maximum Gasteiger partial charge on any atom is 0.318 e. The average molecular weight is 183 g/mol. The van der Waals surface area contributed by atoms with E-state index in [4.69, 9.17) is 0 Å². The van der Waals surface area contributed by atoms with E-state index in [0.717, 1.165) is 39.0 Å². The van der Waals surface area contributed by atoms with E-state index in [2.05, 4.69) is 10.6 Å². The van der Waals surface area contributed by atoms with E-state index in [9.17, 15) is 4.79 Å². The molecule has 13 heavy (non-hydrogen) atoms. The van der Waals surface area contributed by atoms with Crippen molar-refractivity contribution in [2.24, 2.45) is 0 Å². The summed E-state index contributed by atoms with van der Waals surface area (Å²) < 4.78 is 0. The fraction of sp³-hybridized carbons (Fsp3) is 0.889. The number of nitrogens with one attached hydrogen (secondary N) is 2. The Hall–Kier alpha value is -0.770. The highest BCUT2D eigenvalue weighted by molar-refractivity contribution is 5.78. The molecule has 2 aliphatic rings. The van der Waals surface area contributed by atoms with Gasteiger partial charge in [0.2, 0.25) is 0 Å². The van der Waals surface area contributed by atoms with Gasteiger partial charge in [-0.1, -0.05) is 0 Å². The number of urea groups is 1. The van der Waals surface area contributed by atoms with E-state index in [0.29, 0.717) is 0 Å². The molecule has 0 aromatic heterocycles. The zero-order chi connectivity index (χ0) is 9.31. The summed E-state index contributed by atoms with van der Waals surface area (Å²) in [6, 6.07) is 0.103. The third-order valence-electron chi connectivity index (χ3n) is 3.01. The van der Waals surface area contributed by atoms with Crippen molar-refractivity contribution in [3.8, 4) is 0 Å². The summed E-state index contributed by atoms with van der Waals surface area (Å²) in [5.41, 5.74) is 0.0331. The summed E-state index contributed by atoms with van der Waals surface area (Å²) in [6.45, 7) is 5.72. The van der Waals surface area contributed by atoms with Gasteiger partial charge in [0.15, 0.2) is 0 Å². The van der Waals surface area contributed by atoms with Gasteiger partial charge in [0.25, 0.3) is 0 Å². The molecule has 2 rings (SSSR count). The number of amides is 2. The number of hydrogen-bond acceptors (Lipinski definition) is 2. The van der Waals surface area contributed by atoms with E-state index >= 15 is 0 Å². The molecule has 2 N–H and O–H groups in total. The summed E-state index contributed by atoms with van der Waals surface area (Å²) >= 11 is 0. The first kappa shape index (κ1) is 8.81. The van der Waals surface area contributed by atoms with Crippen LogP contribution in [0.5, 0.6) is 0 Å². The molecule has 1 unspecified atom stereocenters. The average Bonchev–Trinajstić information content (AvgIpc) is 2.44. The van der Waals surface area contributed by atoms with Crippen molar-refractivity contribution in [1.82, 2.24) is 15.5 Å². The van der Waals surface area contributed by atoms with Crippen molar-refractivity contribution in [3.05, 3.63) is 0 Å². The zero-order valence-corrected chi connectivity index (χ0v) is 8.10. The molecule has 2 saturated heterocycles. The van der Waals surface area contributed by atoms with Crippen LogP contribution in [0.3, 0.4) is 0 Å². The lowest BCUT2D eigenvalue weighted by Gasteiger charge is -2.32. The van der Waals surface area contributed by atoms with Crippen molar-refractivity contribution in [3.63, 3.8) is 0 Å². The van der Waals surface area contributed by atoms with Crippen LogP contribution in [0.25, 0.3) is 0 Å². The monoisotopic (exact) mass is 183 g/mol. The molecular weight excluding hydrogens is 166 g/mol. The fourth-order valence-corrected chi connectivity index (χ4v) is 2.25. The van der Waals surface area contributed by atoms with Gasteiger partial charge < -0.3 is 15.5 Å². The Bertz CT molecular complexity index is 211. The van der Waals surface area contributed by atoms with Crippen LogP contribution >= 0.6 is 0 Å². The van der Waals surface area contributed by atoms with Crippen molar-refractivity contribution >= 4 is 6.03 Å². The molecule has 4 heteroatoms. The molecule has 2 heterocycles. The lowest BCUT2D eigenvalue weighted by molar-refractivity contribution is 0.219. The predicted molar refractivity (Wildman–Crippen MR) is 50.6 cm³/mol. The number of likely N-dealkylation sites (N-methyl/N-ethyl adjacent to an activating group) is 1. The summed E-state index contributed by atoms with van der Waals surface area (Å²) in [4.78, 5) is 13.3. The molecule has 1 atom stereocenters. The van der Waals surface area contributed by atoms with Gasteiger partial charge >= 0.3 is 6.03 Å². The number of carbonyl (C=O) groups excluding carboxylic acids is 1. The van der Waals surface area contributed by atoms with E-state index in [1.165, 1.54) is 0 Å². The van der Waals surface area contributed by atoms with Crippen LogP contribution in [-0.2, 0) is 0 Å². The quantitative estimate of drug-likeness (QED) is 0.608. The van der Waals surface area contributed by atoms with E-state index in [-0.39, 0.29) is 11.6 Å². The maximum absolute atomic E-state index is 11.5. The molecule has 2 amide bonds. The largest absolute Gasteiger partial charge is 0.329 e. The molecule has 4 nitrogen and oxygen atoms in total. The second kappa shape index (κ2) is 3.18. The standard InChI is InChI=1S/C9H17N3O/c1-2-12-7-9(11-8(12)13)4-3-5-10-6-9/h10H,2-7H2,1H3,(H,11,13). The summed E-state index contributed by atoms with van der Waals surface area (Å²) in [6.07, 6.45) is 2.28. The van der Waals surface area contributed by atoms with Crippen LogP contribution < -0.4 is 10.6 Å². The Kier molecular flexibility index (Phi) is 2.15. The molecule has 0 radical (unpaired) electrons. The van der Waals surface area contributed by atoms with Gasteiger partial charge in [0.05, 0.1) is 5.54 Å². The Morgan fingerprint density at radius 2 is 2.46 bits per heavy atom. The normalized spacial score (nSPS) is 33.9. The van der Waals surface area contributed by atoms with Gasteiger partial charge in [-0.3, -0.25) is 0 Å². The third-order valence-corrected chi connectivity index (χ3v) is 3.01. The lowest BCUT2D eigenvalue weighted by Crippen LogP contribution is -2.54. The Morgan fingerprint density at radius 1 is 1.62 bits per heavy atom. The number of hydrogen-bond donors (Lipinski definition) is 2. The number of carbonyl (C=O) groups is 1. The second-order valence-electron chi connectivity index (χ2n) is 4.00. The molecule has 2 aliphatic heterocycles. The van der Waals surface area contributed by atoms with Gasteiger partial charge in [0, 0.05) is 19.6 Å². The molecular formula is C9H17N3O. The molecule has 0 saturated carbocycles. The first-order valence-electron chi connectivity index (χ1n) is 5.04. The number of rotatable bonds is 1. The third kappa shape index (κ3) is 1.50. The lowest BCUT2D eigenvalue weighted by atomic mass is 9.91. The predicted octanol–water partition coefficient (Wildman–Crippen LogP) is 0.154. The molecule has 0 aliphatic carbocycles. The highest BCUT2D eigenvalue weighted by atomic mass is 16.2. The molecule has 2 fully saturated rings. The SMILES string of the molecule is CCN1CC2(CCCNC2)NC1=O. The van der Waals surface area contributed by atoms with Crippen molar-refractivity contribution in [2.45, 2.75) is 25.3 Å².